The van der Waals surface area contributed by atoms with E-state index in [9.17, 15) is 4.79 Å². The minimum atomic E-state index is 0.156. The number of nitrogens with zero attached hydrogens (tertiary/aromatic N) is 1. The van der Waals surface area contributed by atoms with Gasteiger partial charge in [-0.2, -0.15) is 0 Å². The third kappa shape index (κ3) is 3.85. The number of piperidine rings is 1. The summed E-state index contributed by atoms with van der Waals surface area (Å²) in [5, 5.41) is 0. The summed E-state index contributed by atoms with van der Waals surface area (Å²) in [6.07, 6.45) is 8.18. The molecule has 1 aromatic carbocycles. The summed E-state index contributed by atoms with van der Waals surface area (Å²) in [6.45, 7) is 2.70. The maximum Gasteiger partial charge on any atom is 0.248 e. The average molecular weight is 287 g/mol. The zero-order valence-corrected chi connectivity index (χ0v) is 12.8. The Hall–Kier alpha value is -1.35. The molecule has 1 aliphatic heterocycles. The van der Waals surface area contributed by atoms with Crippen molar-refractivity contribution >= 4 is 5.91 Å². The van der Waals surface area contributed by atoms with Gasteiger partial charge in [0, 0.05) is 13.1 Å². The number of benzene rings is 1. The molecule has 0 radical (unpaired) electrons. The van der Waals surface area contributed by atoms with Crippen LogP contribution >= 0.6 is 0 Å². The Morgan fingerprint density at radius 3 is 2.71 bits per heavy atom. The van der Waals surface area contributed by atoms with Gasteiger partial charge in [-0.15, -0.1) is 0 Å². The molecular formula is C18H25NO2. The number of carbonyl (C=O) groups excluding carboxylic acids is 1. The normalized spacial score (nSPS) is 17.8. The van der Waals surface area contributed by atoms with Crippen LogP contribution in [0.1, 0.15) is 42.4 Å². The number of hydrogen-bond acceptors (Lipinski definition) is 2. The van der Waals surface area contributed by atoms with E-state index in [-0.39, 0.29) is 12.5 Å². The molecule has 1 saturated heterocycles. The summed E-state index contributed by atoms with van der Waals surface area (Å²) >= 11 is 0. The Morgan fingerprint density at radius 1 is 1.05 bits per heavy atom. The average Bonchev–Trinajstić information content (AvgIpc) is 3.00. The highest BCUT2D eigenvalue weighted by Crippen LogP contribution is 2.22. The second kappa shape index (κ2) is 7.08. The van der Waals surface area contributed by atoms with Crippen molar-refractivity contribution in [3.63, 3.8) is 0 Å². The van der Waals surface area contributed by atoms with Gasteiger partial charge in [-0.3, -0.25) is 4.79 Å². The van der Waals surface area contributed by atoms with Crippen LogP contribution in [0.5, 0.6) is 0 Å². The van der Waals surface area contributed by atoms with Crippen molar-refractivity contribution in [1.82, 2.24) is 4.90 Å². The van der Waals surface area contributed by atoms with E-state index in [0.717, 1.165) is 32.4 Å². The van der Waals surface area contributed by atoms with Crippen LogP contribution in [0.25, 0.3) is 0 Å². The molecule has 0 bridgehead atoms. The molecule has 1 amide bonds. The Labute approximate surface area is 127 Å². The minimum absolute atomic E-state index is 0.156. The number of hydrogen-bond donors (Lipinski definition) is 0. The van der Waals surface area contributed by atoms with E-state index >= 15 is 0 Å². The van der Waals surface area contributed by atoms with E-state index in [2.05, 4.69) is 18.2 Å². The van der Waals surface area contributed by atoms with E-state index in [0.29, 0.717) is 6.61 Å². The standard InChI is InChI=1S/C18H25NO2/c20-18(19-10-2-1-3-11-19)14-21-12-9-15-7-8-16-5-4-6-17(16)13-15/h7-8,13H,1-6,9-12,14H2. The lowest BCUT2D eigenvalue weighted by Crippen LogP contribution is -2.38. The quantitative estimate of drug-likeness (QED) is 0.779. The van der Waals surface area contributed by atoms with Crippen molar-refractivity contribution in [2.24, 2.45) is 0 Å². The van der Waals surface area contributed by atoms with Crippen molar-refractivity contribution in [1.29, 1.82) is 0 Å². The van der Waals surface area contributed by atoms with Crippen LogP contribution < -0.4 is 0 Å². The SMILES string of the molecule is O=C(COCCc1ccc2c(c1)CCC2)N1CCCCC1. The van der Waals surface area contributed by atoms with E-state index < -0.39 is 0 Å². The molecular weight excluding hydrogens is 262 g/mol. The number of amides is 1. The predicted octanol–water partition coefficient (Wildman–Crippen LogP) is 2.75. The van der Waals surface area contributed by atoms with Crippen LogP contribution in [0.4, 0.5) is 0 Å². The molecule has 0 saturated carbocycles. The summed E-state index contributed by atoms with van der Waals surface area (Å²) in [5.74, 6) is 0.156. The number of fused-ring (bicyclic) bond motifs is 1. The Balaban J connectivity index is 1.39. The molecule has 21 heavy (non-hydrogen) atoms. The first kappa shape index (κ1) is 14.6. The van der Waals surface area contributed by atoms with Crippen LogP contribution in [-0.4, -0.2) is 37.1 Å². The molecule has 3 heteroatoms. The van der Waals surface area contributed by atoms with Crippen LogP contribution in [0, 0.1) is 0 Å². The van der Waals surface area contributed by atoms with Crippen molar-refractivity contribution in [3.8, 4) is 0 Å². The Morgan fingerprint density at radius 2 is 1.86 bits per heavy atom. The molecule has 0 atom stereocenters. The lowest BCUT2D eigenvalue weighted by atomic mass is 10.0. The minimum Gasteiger partial charge on any atom is -0.371 e. The predicted molar refractivity (Wildman–Crippen MR) is 83.4 cm³/mol. The fourth-order valence-corrected chi connectivity index (χ4v) is 3.36. The monoisotopic (exact) mass is 287 g/mol. The molecule has 0 aromatic heterocycles. The molecule has 2 aliphatic rings. The van der Waals surface area contributed by atoms with Crippen LogP contribution in [-0.2, 0) is 28.8 Å². The highest BCUT2D eigenvalue weighted by molar-refractivity contribution is 5.77. The molecule has 0 N–H and O–H groups in total. The molecule has 1 fully saturated rings. The van der Waals surface area contributed by atoms with Crippen molar-refractivity contribution in [2.75, 3.05) is 26.3 Å². The van der Waals surface area contributed by atoms with Crippen LogP contribution in [0.15, 0.2) is 18.2 Å². The second-order valence-corrected chi connectivity index (χ2v) is 6.20. The summed E-state index contributed by atoms with van der Waals surface area (Å²) in [6, 6.07) is 6.79. The summed E-state index contributed by atoms with van der Waals surface area (Å²) in [4.78, 5) is 13.9. The highest BCUT2D eigenvalue weighted by atomic mass is 16.5. The van der Waals surface area contributed by atoms with Gasteiger partial charge in [0.15, 0.2) is 0 Å². The Bertz CT molecular complexity index is 492. The third-order valence-electron chi connectivity index (χ3n) is 4.63. The smallest absolute Gasteiger partial charge is 0.248 e. The van der Waals surface area contributed by atoms with Gasteiger partial charge in [-0.1, -0.05) is 18.2 Å². The van der Waals surface area contributed by atoms with Gasteiger partial charge in [0.2, 0.25) is 5.91 Å². The summed E-state index contributed by atoms with van der Waals surface area (Å²) < 4.78 is 5.58. The van der Waals surface area contributed by atoms with E-state index in [1.54, 1.807) is 0 Å². The molecule has 1 heterocycles. The molecule has 1 aromatic rings. The van der Waals surface area contributed by atoms with Crippen molar-refractivity contribution < 1.29 is 9.53 Å². The fraction of sp³-hybridized carbons (Fsp3) is 0.611. The number of rotatable bonds is 5. The topological polar surface area (TPSA) is 29.5 Å². The molecule has 0 unspecified atom stereocenters. The van der Waals surface area contributed by atoms with Gasteiger partial charge in [0.1, 0.15) is 6.61 Å². The summed E-state index contributed by atoms with van der Waals surface area (Å²) in [7, 11) is 0. The van der Waals surface area contributed by atoms with Crippen molar-refractivity contribution in [2.45, 2.75) is 44.9 Å². The first-order chi connectivity index (χ1) is 10.3. The number of carbonyl (C=O) groups is 1. The molecule has 3 rings (SSSR count). The number of likely N-dealkylation sites (tertiary alicyclic amines) is 1. The van der Waals surface area contributed by atoms with E-state index in [1.807, 2.05) is 4.90 Å². The largest absolute Gasteiger partial charge is 0.371 e. The van der Waals surface area contributed by atoms with Crippen molar-refractivity contribution in [3.05, 3.63) is 34.9 Å². The second-order valence-electron chi connectivity index (χ2n) is 6.20. The lowest BCUT2D eigenvalue weighted by Gasteiger charge is -2.26. The summed E-state index contributed by atoms with van der Waals surface area (Å²) in [5.41, 5.74) is 4.36. The zero-order valence-electron chi connectivity index (χ0n) is 12.8. The van der Waals surface area contributed by atoms with Gasteiger partial charge in [-0.25, -0.2) is 0 Å². The van der Waals surface area contributed by atoms with Gasteiger partial charge in [0.05, 0.1) is 6.61 Å². The molecule has 3 nitrogen and oxygen atoms in total. The van der Waals surface area contributed by atoms with Crippen LogP contribution in [0.2, 0.25) is 0 Å². The molecule has 114 valence electrons. The maximum atomic E-state index is 12.0. The van der Waals surface area contributed by atoms with E-state index in [1.165, 1.54) is 42.4 Å². The van der Waals surface area contributed by atoms with Gasteiger partial charge in [-0.05, 0) is 61.6 Å². The number of aryl methyl sites for hydroxylation is 2. The van der Waals surface area contributed by atoms with Gasteiger partial charge in [0.25, 0.3) is 0 Å². The fourth-order valence-electron chi connectivity index (χ4n) is 3.36. The molecule has 1 aliphatic carbocycles. The van der Waals surface area contributed by atoms with Gasteiger partial charge >= 0.3 is 0 Å². The maximum absolute atomic E-state index is 12.0. The van der Waals surface area contributed by atoms with Crippen LogP contribution in [0.3, 0.4) is 0 Å². The first-order valence-corrected chi connectivity index (χ1v) is 8.29. The zero-order chi connectivity index (χ0) is 14.5. The number of ether oxygens (including phenoxy) is 1. The first-order valence-electron chi connectivity index (χ1n) is 8.29. The lowest BCUT2D eigenvalue weighted by molar-refractivity contribution is -0.137. The molecule has 0 spiro atoms. The Kier molecular flexibility index (Phi) is 4.91. The van der Waals surface area contributed by atoms with E-state index in [4.69, 9.17) is 4.74 Å². The third-order valence-corrected chi connectivity index (χ3v) is 4.63. The van der Waals surface area contributed by atoms with Gasteiger partial charge < -0.3 is 9.64 Å². The highest BCUT2D eigenvalue weighted by Gasteiger charge is 2.16.